The first-order valence-electron chi connectivity index (χ1n) is 4.44. The number of alkyl carbamates (subject to hydrolysis) is 1. The molecule has 0 spiro atoms. The van der Waals surface area contributed by atoms with Gasteiger partial charge in [-0.1, -0.05) is 17.3 Å². The number of nitrogens with zero attached hydrogens (tertiary/aromatic N) is 3. The molecule has 0 aliphatic heterocycles. The van der Waals surface area contributed by atoms with E-state index in [-0.39, 0.29) is 6.73 Å². The number of fused-ring (bicyclic) bond motifs is 1. The molecule has 0 aliphatic carbocycles. The lowest BCUT2D eigenvalue weighted by Crippen LogP contribution is -2.21. The molecule has 2 aromatic rings. The third-order valence-corrected chi connectivity index (χ3v) is 1.94. The van der Waals surface area contributed by atoms with Crippen molar-refractivity contribution in [3.05, 3.63) is 24.3 Å². The number of benzene rings is 1. The van der Waals surface area contributed by atoms with Crippen LogP contribution >= 0.6 is 0 Å². The maximum absolute atomic E-state index is 10.8. The summed E-state index contributed by atoms with van der Waals surface area (Å²) in [6.07, 6.45) is -0.491. The van der Waals surface area contributed by atoms with Gasteiger partial charge in [0.25, 0.3) is 0 Å². The van der Waals surface area contributed by atoms with Crippen molar-refractivity contribution in [2.75, 3.05) is 7.05 Å². The van der Waals surface area contributed by atoms with Crippen molar-refractivity contribution in [1.29, 1.82) is 0 Å². The second kappa shape index (κ2) is 3.95. The average Bonchev–Trinajstić information content (AvgIpc) is 2.69. The molecule has 15 heavy (non-hydrogen) atoms. The first-order valence-corrected chi connectivity index (χ1v) is 4.44. The summed E-state index contributed by atoms with van der Waals surface area (Å²) in [6.45, 7) is 0.0557. The molecule has 2 rings (SSSR count). The predicted molar refractivity (Wildman–Crippen MR) is 53.1 cm³/mol. The first-order chi connectivity index (χ1) is 7.31. The van der Waals surface area contributed by atoms with Gasteiger partial charge in [0.05, 0.1) is 5.52 Å². The van der Waals surface area contributed by atoms with Crippen LogP contribution in [0.25, 0.3) is 11.0 Å². The van der Waals surface area contributed by atoms with E-state index >= 15 is 0 Å². The Morgan fingerprint density at radius 1 is 1.53 bits per heavy atom. The first kappa shape index (κ1) is 9.45. The van der Waals surface area contributed by atoms with Crippen LogP contribution in [0.2, 0.25) is 0 Å². The molecule has 0 bridgehead atoms. The summed E-state index contributed by atoms with van der Waals surface area (Å²) >= 11 is 0. The molecule has 0 saturated heterocycles. The molecule has 1 aromatic carbocycles. The van der Waals surface area contributed by atoms with E-state index in [0.29, 0.717) is 0 Å². The Hall–Kier alpha value is -2.11. The third-order valence-electron chi connectivity index (χ3n) is 1.94. The van der Waals surface area contributed by atoms with Gasteiger partial charge >= 0.3 is 6.09 Å². The van der Waals surface area contributed by atoms with Gasteiger partial charge in [-0.25, -0.2) is 9.48 Å². The molecule has 1 heterocycles. The Kier molecular flexibility index (Phi) is 2.49. The van der Waals surface area contributed by atoms with E-state index in [9.17, 15) is 4.79 Å². The van der Waals surface area contributed by atoms with Crippen LogP contribution in [0, 0.1) is 0 Å². The van der Waals surface area contributed by atoms with Crippen LogP contribution < -0.4 is 5.32 Å². The molecule has 0 aliphatic rings. The van der Waals surface area contributed by atoms with E-state index in [1.165, 1.54) is 11.7 Å². The molecule has 0 unspecified atom stereocenters. The van der Waals surface area contributed by atoms with E-state index in [2.05, 4.69) is 15.6 Å². The van der Waals surface area contributed by atoms with E-state index in [4.69, 9.17) is 4.74 Å². The summed E-state index contributed by atoms with van der Waals surface area (Å²) in [5.74, 6) is 0. The molecule has 0 radical (unpaired) electrons. The minimum absolute atomic E-state index is 0.0557. The number of aromatic nitrogens is 3. The summed E-state index contributed by atoms with van der Waals surface area (Å²) < 4.78 is 6.37. The highest BCUT2D eigenvalue weighted by Gasteiger charge is 2.04. The summed E-state index contributed by atoms with van der Waals surface area (Å²) in [4.78, 5) is 10.8. The maximum atomic E-state index is 10.8. The summed E-state index contributed by atoms with van der Waals surface area (Å²) in [6, 6.07) is 7.46. The van der Waals surface area contributed by atoms with Crippen molar-refractivity contribution < 1.29 is 9.53 Å². The number of amides is 1. The standard InChI is InChI=1S/C9H10N4O2/c1-10-9(14)15-6-13-8-5-3-2-4-7(8)11-12-13/h2-5H,6H2,1H3,(H,10,14). The predicted octanol–water partition coefficient (Wildman–Crippen LogP) is 0.745. The molecule has 0 fully saturated rings. The van der Waals surface area contributed by atoms with Gasteiger partial charge < -0.3 is 10.1 Å². The van der Waals surface area contributed by atoms with E-state index in [1.54, 1.807) is 0 Å². The topological polar surface area (TPSA) is 69.0 Å². The fraction of sp³-hybridized carbons (Fsp3) is 0.222. The average molecular weight is 206 g/mol. The number of carbonyl (C=O) groups excluding carboxylic acids is 1. The fourth-order valence-corrected chi connectivity index (χ4v) is 1.20. The molecule has 78 valence electrons. The van der Waals surface area contributed by atoms with Crippen LogP contribution in [0.3, 0.4) is 0 Å². The highest BCUT2D eigenvalue weighted by atomic mass is 16.6. The number of hydrogen-bond acceptors (Lipinski definition) is 4. The molecule has 1 amide bonds. The van der Waals surface area contributed by atoms with E-state index in [0.717, 1.165) is 11.0 Å². The molecular weight excluding hydrogens is 196 g/mol. The van der Waals surface area contributed by atoms with Crippen molar-refractivity contribution in [2.45, 2.75) is 6.73 Å². The van der Waals surface area contributed by atoms with Crippen LogP contribution in [0.15, 0.2) is 24.3 Å². The highest BCUT2D eigenvalue weighted by Crippen LogP contribution is 2.09. The normalized spacial score (nSPS) is 10.2. The van der Waals surface area contributed by atoms with Gasteiger partial charge in [-0.05, 0) is 12.1 Å². The van der Waals surface area contributed by atoms with Gasteiger partial charge in [0.15, 0.2) is 6.73 Å². The summed E-state index contributed by atoms with van der Waals surface area (Å²) in [7, 11) is 1.50. The Labute approximate surface area is 85.8 Å². The zero-order valence-corrected chi connectivity index (χ0v) is 8.17. The van der Waals surface area contributed by atoms with Crippen LogP contribution in [-0.2, 0) is 11.5 Å². The molecule has 6 heteroatoms. The second-order valence-corrected chi connectivity index (χ2v) is 2.89. The van der Waals surface area contributed by atoms with Crippen molar-refractivity contribution in [3.8, 4) is 0 Å². The fourth-order valence-electron chi connectivity index (χ4n) is 1.20. The largest absolute Gasteiger partial charge is 0.426 e. The lowest BCUT2D eigenvalue weighted by Gasteiger charge is -2.03. The minimum atomic E-state index is -0.491. The van der Waals surface area contributed by atoms with Gasteiger partial charge in [-0.15, -0.1) is 5.10 Å². The Bertz CT molecular complexity index is 480. The number of rotatable bonds is 2. The molecule has 1 aromatic heterocycles. The number of para-hydroxylation sites is 1. The molecular formula is C9H10N4O2. The van der Waals surface area contributed by atoms with Crippen molar-refractivity contribution in [3.63, 3.8) is 0 Å². The lowest BCUT2D eigenvalue weighted by atomic mass is 10.3. The highest BCUT2D eigenvalue weighted by molar-refractivity contribution is 5.73. The monoisotopic (exact) mass is 206 g/mol. The second-order valence-electron chi connectivity index (χ2n) is 2.89. The van der Waals surface area contributed by atoms with Crippen molar-refractivity contribution in [2.24, 2.45) is 0 Å². The summed E-state index contributed by atoms with van der Waals surface area (Å²) in [5, 5.41) is 10.1. The molecule has 0 saturated carbocycles. The van der Waals surface area contributed by atoms with Gasteiger partial charge in [0.1, 0.15) is 5.52 Å². The van der Waals surface area contributed by atoms with E-state index < -0.39 is 6.09 Å². The Balaban J connectivity index is 2.18. The molecule has 0 atom stereocenters. The van der Waals surface area contributed by atoms with E-state index in [1.807, 2.05) is 24.3 Å². The van der Waals surface area contributed by atoms with Gasteiger partial charge in [0.2, 0.25) is 0 Å². The zero-order valence-electron chi connectivity index (χ0n) is 8.17. The van der Waals surface area contributed by atoms with Gasteiger partial charge in [-0.2, -0.15) is 0 Å². The third kappa shape index (κ3) is 1.88. The molecule has 6 nitrogen and oxygen atoms in total. The maximum Gasteiger partial charge on any atom is 0.408 e. The minimum Gasteiger partial charge on any atom is -0.426 e. The number of nitrogens with one attached hydrogen (secondary N) is 1. The number of hydrogen-bond donors (Lipinski definition) is 1. The quantitative estimate of drug-likeness (QED) is 0.787. The van der Waals surface area contributed by atoms with Crippen LogP contribution in [0.5, 0.6) is 0 Å². The number of carbonyl (C=O) groups is 1. The Morgan fingerprint density at radius 3 is 3.13 bits per heavy atom. The summed E-state index contributed by atoms with van der Waals surface area (Å²) in [5.41, 5.74) is 1.61. The molecule has 1 N–H and O–H groups in total. The lowest BCUT2D eigenvalue weighted by molar-refractivity contribution is 0.111. The Morgan fingerprint density at radius 2 is 2.33 bits per heavy atom. The van der Waals surface area contributed by atoms with Crippen LogP contribution in [0.1, 0.15) is 0 Å². The van der Waals surface area contributed by atoms with Crippen LogP contribution in [-0.4, -0.2) is 28.1 Å². The zero-order chi connectivity index (χ0) is 10.7. The van der Waals surface area contributed by atoms with Gasteiger partial charge in [0, 0.05) is 7.05 Å². The van der Waals surface area contributed by atoms with Crippen LogP contribution in [0.4, 0.5) is 4.79 Å². The number of ether oxygens (including phenoxy) is 1. The smallest absolute Gasteiger partial charge is 0.408 e. The van der Waals surface area contributed by atoms with Gasteiger partial charge in [-0.3, -0.25) is 0 Å². The van der Waals surface area contributed by atoms with Crippen molar-refractivity contribution in [1.82, 2.24) is 20.3 Å². The SMILES string of the molecule is CNC(=O)OCn1nnc2ccccc21. The van der Waals surface area contributed by atoms with Crippen molar-refractivity contribution >= 4 is 17.1 Å².